The van der Waals surface area contributed by atoms with Crippen molar-refractivity contribution >= 4 is 0 Å². The van der Waals surface area contributed by atoms with Gasteiger partial charge in [0.1, 0.15) is 5.72 Å². The quantitative estimate of drug-likeness (QED) is 0.625. The van der Waals surface area contributed by atoms with Crippen LogP contribution in [0, 0.1) is 0 Å². The first-order valence-electron chi connectivity index (χ1n) is 9.29. The zero-order chi connectivity index (χ0) is 18.1. The second-order valence-electron chi connectivity index (χ2n) is 6.76. The average molecular weight is 341 g/mol. The molecule has 0 saturated carbocycles. The Morgan fingerprint density at radius 2 is 1.56 bits per heavy atom. The number of rotatable bonds is 10. The third-order valence-corrected chi connectivity index (χ3v) is 4.92. The van der Waals surface area contributed by atoms with E-state index in [1.165, 1.54) is 5.56 Å². The Balaban J connectivity index is 2.35. The standard InChI is InChI=1S/C22H31NO2/c1-3-4-15-22(25,16-17-24)23(18-20-11-7-5-8-12-20)19(2)21-13-9-6-10-14-21/h5-14,19,24-25H,3-4,15-18H2,1-2H3/t19-,22?/m0/s1. The molecule has 0 amide bonds. The number of aliphatic hydroxyl groups excluding tert-OH is 1. The Morgan fingerprint density at radius 3 is 2.12 bits per heavy atom. The van der Waals surface area contributed by atoms with Crippen molar-refractivity contribution in [3.8, 4) is 0 Å². The average Bonchev–Trinajstić information content (AvgIpc) is 2.65. The summed E-state index contributed by atoms with van der Waals surface area (Å²) >= 11 is 0. The molecule has 2 aromatic rings. The molecule has 0 heterocycles. The van der Waals surface area contributed by atoms with E-state index < -0.39 is 5.72 Å². The highest BCUT2D eigenvalue weighted by Crippen LogP contribution is 2.34. The first-order valence-corrected chi connectivity index (χ1v) is 9.29. The summed E-state index contributed by atoms with van der Waals surface area (Å²) < 4.78 is 0. The first-order chi connectivity index (χ1) is 12.1. The molecule has 0 saturated heterocycles. The summed E-state index contributed by atoms with van der Waals surface area (Å²) in [4.78, 5) is 2.14. The van der Waals surface area contributed by atoms with E-state index in [1.54, 1.807) is 0 Å². The molecular weight excluding hydrogens is 310 g/mol. The molecule has 2 atom stereocenters. The second-order valence-corrected chi connectivity index (χ2v) is 6.76. The van der Waals surface area contributed by atoms with Crippen LogP contribution in [0.25, 0.3) is 0 Å². The highest BCUT2D eigenvalue weighted by molar-refractivity contribution is 5.20. The van der Waals surface area contributed by atoms with Gasteiger partial charge in [0.15, 0.2) is 0 Å². The van der Waals surface area contributed by atoms with E-state index in [2.05, 4.69) is 43.0 Å². The summed E-state index contributed by atoms with van der Waals surface area (Å²) in [6.07, 6.45) is 2.97. The summed E-state index contributed by atoms with van der Waals surface area (Å²) in [5, 5.41) is 21.0. The maximum Gasteiger partial charge on any atom is 0.121 e. The predicted molar refractivity (Wildman–Crippen MR) is 103 cm³/mol. The van der Waals surface area contributed by atoms with E-state index in [-0.39, 0.29) is 12.6 Å². The minimum Gasteiger partial charge on any atom is -0.396 e. The van der Waals surface area contributed by atoms with Crippen LogP contribution in [0.3, 0.4) is 0 Å². The Bertz CT molecular complexity index is 602. The smallest absolute Gasteiger partial charge is 0.121 e. The minimum absolute atomic E-state index is 0.0208. The van der Waals surface area contributed by atoms with Crippen LogP contribution in [0.5, 0.6) is 0 Å². The highest BCUT2D eigenvalue weighted by atomic mass is 16.3. The van der Waals surface area contributed by atoms with Gasteiger partial charge in [0.05, 0.1) is 0 Å². The van der Waals surface area contributed by atoms with Gasteiger partial charge >= 0.3 is 0 Å². The first kappa shape index (κ1) is 19.6. The fourth-order valence-electron chi connectivity index (χ4n) is 3.39. The predicted octanol–water partition coefficient (Wildman–Crippen LogP) is 4.51. The summed E-state index contributed by atoms with van der Waals surface area (Å²) in [7, 11) is 0. The number of benzene rings is 2. The second kappa shape index (κ2) is 9.71. The highest BCUT2D eigenvalue weighted by Gasteiger charge is 2.36. The molecule has 136 valence electrons. The molecule has 0 bridgehead atoms. The van der Waals surface area contributed by atoms with Gasteiger partial charge in [0.25, 0.3) is 0 Å². The van der Waals surface area contributed by atoms with Crippen LogP contribution in [0.15, 0.2) is 60.7 Å². The SMILES string of the molecule is CCCCC(O)(CCO)N(Cc1ccccc1)[C@@H](C)c1ccccc1. The zero-order valence-corrected chi connectivity index (χ0v) is 15.4. The molecular formula is C22H31NO2. The van der Waals surface area contributed by atoms with Crippen molar-refractivity contribution in [2.24, 2.45) is 0 Å². The van der Waals surface area contributed by atoms with Gasteiger partial charge in [-0.15, -0.1) is 0 Å². The molecule has 2 aromatic carbocycles. The molecule has 0 aliphatic rings. The lowest BCUT2D eigenvalue weighted by Gasteiger charge is -2.44. The van der Waals surface area contributed by atoms with Crippen molar-refractivity contribution in [2.75, 3.05) is 6.61 Å². The molecule has 2 N–H and O–H groups in total. The van der Waals surface area contributed by atoms with Crippen LogP contribution in [0.1, 0.15) is 56.7 Å². The number of nitrogens with zero attached hydrogens (tertiary/aromatic N) is 1. The number of hydrogen-bond donors (Lipinski definition) is 2. The van der Waals surface area contributed by atoms with Crippen LogP contribution in [-0.2, 0) is 6.54 Å². The van der Waals surface area contributed by atoms with Crippen molar-refractivity contribution in [1.82, 2.24) is 4.90 Å². The maximum atomic E-state index is 11.5. The topological polar surface area (TPSA) is 43.7 Å². The molecule has 0 aromatic heterocycles. The van der Waals surface area contributed by atoms with Gasteiger partial charge in [0, 0.05) is 25.6 Å². The van der Waals surface area contributed by atoms with E-state index in [1.807, 2.05) is 36.4 Å². The summed E-state index contributed by atoms with van der Waals surface area (Å²) in [5.74, 6) is 0. The lowest BCUT2D eigenvalue weighted by Crippen LogP contribution is -2.50. The maximum absolute atomic E-state index is 11.5. The van der Waals surface area contributed by atoms with Gasteiger partial charge in [-0.25, -0.2) is 0 Å². The molecule has 0 aliphatic carbocycles. The largest absolute Gasteiger partial charge is 0.396 e. The molecule has 25 heavy (non-hydrogen) atoms. The summed E-state index contributed by atoms with van der Waals surface area (Å²) in [6.45, 7) is 4.89. The zero-order valence-electron chi connectivity index (χ0n) is 15.4. The lowest BCUT2D eigenvalue weighted by molar-refractivity contribution is -0.150. The third kappa shape index (κ3) is 5.40. The van der Waals surface area contributed by atoms with Crippen molar-refractivity contribution in [3.63, 3.8) is 0 Å². The Labute approximate surface area is 151 Å². The van der Waals surface area contributed by atoms with E-state index >= 15 is 0 Å². The lowest BCUT2D eigenvalue weighted by atomic mass is 9.95. The Hall–Kier alpha value is -1.68. The van der Waals surface area contributed by atoms with Crippen LogP contribution >= 0.6 is 0 Å². The van der Waals surface area contributed by atoms with Gasteiger partial charge in [0.2, 0.25) is 0 Å². The molecule has 3 nitrogen and oxygen atoms in total. The molecule has 1 unspecified atom stereocenters. The molecule has 0 spiro atoms. The van der Waals surface area contributed by atoms with Gasteiger partial charge in [-0.05, 0) is 30.9 Å². The van der Waals surface area contributed by atoms with Crippen LogP contribution in [-0.4, -0.2) is 27.4 Å². The fraction of sp³-hybridized carbons (Fsp3) is 0.455. The van der Waals surface area contributed by atoms with Gasteiger partial charge in [-0.1, -0.05) is 74.0 Å². The van der Waals surface area contributed by atoms with Crippen molar-refractivity contribution < 1.29 is 10.2 Å². The number of unbranched alkanes of at least 4 members (excludes halogenated alkanes) is 1. The summed E-state index contributed by atoms with van der Waals surface area (Å²) in [6, 6.07) is 20.6. The van der Waals surface area contributed by atoms with Gasteiger partial charge < -0.3 is 10.2 Å². The third-order valence-electron chi connectivity index (χ3n) is 4.92. The fourth-order valence-corrected chi connectivity index (χ4v) is 3.39. The van der Waals surface area contributed by atoms with Gasteiger partial charge in [-0.3, -0.25) is 4.90 Å². The van der Waals surface area contributed by atoms with E-state index in [0.29, 0.717) is 19.4 Å². The Kier molecular flexibility index (Phi) is 7.63. The monoisotopic (exact) mass is 341 g/mol. The molecule has 0 fully saturated rings. The number of hydrogen-bond acceptors (Lipinski definition) is 3. The minimum atomic E-state index is -1.02. The van der Waals surface area contributed by atoms with E-state index in [4.69, 9.17) is 0 Å². The Morgan fingerprint density at radius 1 is 0.960 bits per heavy atom. The molecule has 2 rings (SSSR count). The van der Waals surface area contributed by atoms with Crippen molar-refractivity contribution in [3.05, 3.63) is 71.8 Å². The van der Waals surface area contributed by atoms with Crippen LogP contribution < -0.4 is 0 Å². The normalized spacial score (nSPS) is 15.1. The summed E-state index contributed by atoms with van der Waals surface area (Å²) in [5.41, 5.74) is 1.32. The van der Waals surface area contributed by atoms with E-state index in [0.717, 1.165) is 18.4 Å². The van der Waals surface area contributed by atoms with Crippen molar-refractivity contribution in [1.29, 1.82) is 0 Å². The molecule has 0 radical (unpaired) electrons. The number of aliphatic hydroxyl groups is 2. The van der Waals surface area contributed by atoms with Crippen LogP contribution in [0.2, 0.25) is 0 Å². The van der Waals surface area contributed by atoms with Crippen molar-refractivity contribution in [2.45, 2.75) is 57.8 Å². The molecule has 0 aliphatic heterocycles. The van der Waals surface area contributed by atoms with Crippen LogP contribution in [0.4, 0.5) is 0 Å². The molecule has 3 heteroatoms. The van der Waals surface area contributed by atoms with E-state index in [9.17, 15) is 10.2 Å². The van der Waals surface area contributed by atoms with Gasteiger partial charge in [-0.2, -0.15) is 0 Å².